The Balaban J connectivity index is 2.67. The second kappa shape index (κ2) is 13.4. The van der Waals surface area contributed by atoms with E-state index in [4.69, 9.17) is 9.47 Å². The molecule has 0 heterocycles. The lowest BCUT2D eigenvalue weighted by Gasteiger charge is -2.23. The fourth-order valence-electron chi connectivity index (χ4n) is 2.12. The van der Waals surface area contributed by atoms with Crippen LogP contribution in [0, 0.1) is 9.85 Å². The van der Waals surface area contributed by atoms with Gasteiger partial charge in [0.15, 0.2) is 6.61 Å². The number of nitrogens with one attached hydrogen (secondary N) is 2. The van der Waals surface area contributed by atoms with Gasteiger partial charge in [0.2, 0.25) is 5.91 Å². The number of alkyl carbamates (subject to hydrolysis) is 1. The molecule has 0 aliphatic heterocycles. The molecule has 0 unspecified atom stereocenters. The van der Waals surface area contributed by atoms with E-state index in [0.717, 1.165) is 5.56 Å². The van der Waals surface area contributed by atoms with Crippen LogP contribution < -0.4 is 10.6 Å². The molecule has 0 radical (unpaired) electrons. The van der Waals surface area contributed by atoms with E-state index in [1.807, 2.05) is 52.9 Å². The number of ether oxygens (including phenoxy) is 2. The summed E-state index contributed by atoms with van der Waals surface area (Å²) in [5.74, 6) is 2.55. The summed E-state index contributed by atoms with van der Waals surface area (Å²) in [6.45, 7) is 6.65. The van der Waals surface area contributed by atoms with Crippen LogP contribution in [-0.2, 0) is 24.8 Å². The quantitative estimate of drug-likeness (QED) is 0.281. The van der Waals surface area contributed by atoms with Gasteiger partial charge < -0.3 is 20.1 Å². The van der Waals surface area contributed by atoms with E-state index in [-0.39, 0.29) is 6.61 Å². The monoisotopic (exact) mass is 546 g/mol. The van der Waals surface area contributed by atoms with Crippen LogP contribution in [0.1, 0.15) is 33.3 Å². The molecule has 0 aliphatic rings. The third-order valence-electron chi connectivity index (χ3n) is 3.48. The zero-order valence-corrected chi connectivity index (χ0v) is 20.5. The average Bonchev–Trinajstić information content (AvgIpc) is 2.66. The van der Waals surface area contributed by atoms with Gasteiger partial charge in [-0.05, 0) is 37.2 Å². The molecule has 1 rings (SSSR count). The Labute approximate surface area is 195 Å². The summed E-state index contributed by atoms with van der Waals surface area (Å²) in [6, 6.07) is 8.03. The molecule has 7 nitrogen and oxygen atoms in total. The molecule has 0 fully saturated rings. The van der Waals surface area contributed by atoms with Crippen molar-refractivity contribution in [2.75, 3.05) is 12.4 Å². The SMILES string of the molecule is C[C@H](NC(=O)OC(C)(C)C)C(=O)N[C@@H](CSCc1ccccc1)C(=O)OCC#CI. The normalized spacial score (nSPS) is 12.6. The van der Waals surface area contributed by atoms with Gasteiger partial charge >= 0.3 is 12.1 Å². The second-order valence-corrected chi connectivity index (χ2v) is 8.88. The van der Waals surface area contributed by atoms with Crippen LogP contribution in [0.5, 0.6) is 0 Å². The molecule has 30 heavy (non-hydrogen) atoms. The van der Waals surface area contributed by atoms with E-state index in [9.17, 15) is 14.4 Å². The summed E-state index contributed by atoms with van der Waals surface area (Å²) in [7, 11) is 0. The van der Waals surface area contributed by atoms with Gasteiger partial charge in [0.1, 0.15) is 17.7 Å². The maximum absolute atomic E-state index is 12.5. The Morgan fingerprint density at radius 3 is 2.43 bits per heavy atom. The molecule has 2 atom stereocenters. The fourth-order valence-corrected chi connectivity index (χ4v) is 3.28. The topological polar surface area (TPSA) is 93.7 Å². The molecule has 9 heteroatoms. The number of carbonyl (C=O) groups is 3. The number of hydrogen-bond donors (Lipinski definition) is 2. The summed E-state index contributed by atoms with van der Waals surface area (Å²) < 4.78 is 12.9. The van der Waals surface area contributed by atoms with Gasteiger partial charge in [0, 0.05) is 34.1 Å². The second-order valence-electron chi connectivity index (χ2n) is 7.31. The van der Waals surface area contributed by atoms with Crippen molar-refractivity contribution in [3.05, 3.63) is 35.9 Å². The molecule has 1 aromatic carbocycles. The fraction of sp³-hybridized carbons (Fsp3) is 0.476. The first kappa shape index (κ1) is 26.1. The Morgan fingerprint density at radius 2 is 1.83 bits per heavy atom. The minimum Gasteiger partial charge on any atom is -0.451 e. The van der Waals surface area contributed by atoms with E-state index in [1.165, 1.54) is 18.7 Å². The number of benzene rings is 1. The summed E-state index contributed by atoms with van der Waals surface area (Å²) in [4.78, 5) is 36.8. The number of rotatable bonds is 9. The summed E-state index contributed by atoms with van der Waals surface area (Å²) in [5, 5.41) is 5.10. The lowest BCUT2D eigenvalue weighted by Crippen LogP contribution is -2.52. The van der Waals surface area contributed by atoms with Gasteiger partial charge in [-0.15, -0.1) is 0 Å². The van der Waals surface area contributed by atoms with Crippen molar-refractivity contribution in [2.45, 2.75) is 51.1 Å². The molecule has 0 bridgehead atoms. The van der Waals surface area contributed by atoms with Crippen LogP contribution in [0.15, 0.2) is 30.3 Å². The number of hydrogen-bond acceptors (Lipinski definition) is 6. The van der Waals surface area contributed by atoms with Gasteiger partial charge in [-0.1, -0.05) is 36.3 Å². The number of thioether (sulfide) groups is 1. The zero-order valence-electron chi connectivity index (χ0n) is 17.5. The van der Waals surface area contributed by atoms with Crippen molar-refractivity contribution in [3.63, 3.8) is 0 Å². The number of amides is 2. The lowest BCUT2D eigenvalue weighted by molar-refractivity contribution is -0.145. The molecule has 0 saturated heterocycles. The van der Waals surface area contributed by atoms with E-state index < -0.39 is 35.7 Å². The first-order chi connectivity index (χ1) is 14.1. The molecule has 164 valence electrons. The van der Waals surface area contributed by atoms with Crippen LogP contribution in [0.4, 0.5) is 4.79 Å². The van der Waals surface area contributed by atoms with E-state index in [0.29, 0.717) is 11.5 Å². The summed E-state index contributed by atoms with van der Waals surface area (Å²) in [6.07, 6.45) is -0.708. The summed E-state index contributed by atoms with van der Waals surface area (Å²) >= 11 is 3.34. The van der Waals surface area contributed by atoms with Gasteiger partial charge in [-0.25, -0.2) is 9.59 Å². The molecule has 0 aliphatic carbocycles. The Kier molecular flexibility index (Phi) is 11.7. The number of esters is 1. The van der Waals surface area contributed by atoms with Crippen molar-refractivity contribution in [1.29, 1.82) is 0 Å². The highest BCUT2D eigenvalue weighted by Gasteiger charge is 2.26. The third-order valence-corrected chi connectivity index (χ3v) is 4.96. The molecule has 0 spiro atoms. The van der Waals surface area contributed by atoms with Crippen molar-refractivity contribution >= 4 is 52.3 Å². The first-order valence-corrected chi connectivity index (χ1v) is 11.5. The average molecular weight is 546 g/mol. The molecule has 1 aromatic rings. The van der Waals surface area contributed by atoms with Crippen molar-refractivity contribution < 1.29 is 23.9 Å². The molecular weight excluding hydrogens is 519 g/mol. The molecule has 0 saturated carbocycles. The van der Waals surface area contributed by atoms with Crippen molar-refractivity contribution in [1.82, 2.24) is 10.6 Å². The van der Waals surface area contributed by atoms with E-state index >= 15 is 0 Å². The van der Waals surface area contributed by atoms with E-state index in [2.05, 4.69) is 20.5 Å². The third kappa shape index (κ3) is 11.3. The van der Waals surface area contributed by atoms with Gasteiger partial charge in [-0.3, -0.25) is 4.79 Å². The van der Waals surface area contributed by atoms with Crippen molar-refractivity contribution in [3.8, 4) is 9.85 Å². The smallest absolute Gasteiger partial charge is 0.408 e. The predicted octanol–water partition coefficient (Wildman–Crippen LogP) is 3.26. The first-order valence-electron chi connectivity index (χ1n) is 9.29. The largest absolute Gasteiger partial charge is 0.451 e. The van der Waals surface area contributed by atoms with Gasteiger partial charge in [0.05, 0.1) is 0 Å². The van der Waals surface area contributed by atoms with Crippen LogP contribution in [-0.4, -0.2) is 48.0 Å². The zero-order chi connectivity index (χ0) is 22.6. The van der Waals surface area contributed by atoms with Gasteiger partial charge in [0.25, 0.3) is 0 Å². The van der Waals surface area contributed by atoms with Crippen LogP contribution in [0.2, 0.25) is 0 Å². The molecular formula is C21H27IN2O5S. The highest BCUT2D eigenvalue weighted by Crippen LogP contribution is 2.14. The number of halogens is 1. The minimum absolute atomic E-state index is 0.0524. The molecule has 2 N–H and O–H groups in total. The Morgan fingerprint density at radius 1 is 1.17 bits per heavy atom. The van der Waals surface area contributed by atoms with Crippen LogP contribution in [0.25, 0.3) is 0 Å². The van der Waals surface area contributed by atoms with Crippen LogP contribution in [0.3, 0.4) is 0 Å². The molecule has 0 aromatic heterocycles. The highest BCUT2D eigenvalue weighted by atomic mass is 127. The van der Waals surface area contributed by atoms with E-state index in [1.54, 1.807) is 20.8 Å². The maximum Gasteiger partial charge on any atom is 0.408 e. The predicted molar refractivity (Wildman–Crippen MR) is 126 cm³/mol. The van der Waals surface area contributed by atoms with Crippen LogP contribution >= 0.6 is 34.4 Å². The van der Waals surface area contributed by atoms with Gasteiger partial charge in [-0.2, -0.15) is 11.8 Å². The Hall–Kier alpha value is -1.93. The highest BCUT2D eigenvalue weighted by molar-refractivity contribution is 14.1. The minimum atomic E-state index is -0.886. The lowest BCUT2D eigenvalue weighted by atomic mass is 10.2. The van der Waals surface area contributed by atoms with Crippen molar-refractivity contribution in [2.24, 2.45) is 0 Å². The standard InChI is InChI=1S/C21H27IN2O5S/c1-15(23-20(27)29-21(2,3)4)18(25)24-17(19(26)28-12-8-11-22)14-30-13-16-9-6-5-7-10-16/h5-7,9-10,15,17H,12-14H2,1-4H3,(H,23,27)(H,24,25)/t15-,17-/m0/s1. The Bertz CT molecular complexity index is 771. The number of carbonyl (C=O) groups excluding carboxylic acids is 3. The maximum atomic E-state index is 12.5. The summed E-state index contributed by atoms with van der Waals surface area (Å²) in [5.41, 5.74) is 0.428. The molecule has 2 amide bonds.